The summed E-state index contributed by atoms with van der Waals surface area (Å²) < 4.78 is 5.27. The molecule has 0 aliphatic carbocycles. The zero-order chi connectivity index (χ0) is 35.9. The molecular weight excluding hydrogens is 630 g/mol. The molecule has 1 aliphatic heterocycles. The number of nitrogen functional groups attached to an aromatic ring is 1. The van der Waals surface area contributed by atoms with Crippen LogP contribution in [0.5, 0.6) is 0 Å². The fourth-order valence-electron chi connectivity index (χ4n) is 5.69. The number of anilines is 1. The van der Waals surface area contributed by atoms with Gasteiger partial charge in [0.05, 0.1) is 6.42 Å². The Kier molecular flexibility index (Phi) is 12.4. The Balaban J connectivity index is 1.88. The summed E-state index contributed by atoms with van der Waals surface area (Å²) in [6, 6.07) is -0.841. The molecule has 0 radical (unpaired) electrons. The highest BCUT2D eigenvalue weighted by molar-refractivity contribution is 6.07. The number of hydrogen-bond donors (Lipinski definition) is 6. The molecule has 7 N–H and O–H groups in total. The van der Waals surface area contributed by atoms with Crippen molar-refractivity contribution in [2.45, 2.75) is 90.4 Å². The molecule has 1 saturated heterocycles. The lowest BCUT2D eigenvalue weighted by molar-refractivity contribution is -0.144. The standard InChI is InChI=1S/C32H41N5O11/c1-5-15(2)27(34-17(4)38)30(45)35-20(10-11-24(39)40)31(46)37-12-6-7-22(37)29(44)36-21(14-25(41)42)28(43)26-16(3)19-9-8-18(33)13-23(19)48-32(26)47/h8-9,13,15,20-22,27H,5-7,10-12,14,33H2,1-4H3,(H,34,38)(H,35,45)(H,36,44)(H,39,40)(H,41,42)/t15-,20-,21-,22-,27-/m0/s1. The molecule has 3 rings (SSSR count). The van der Waals surface area contributed by atoms with Gasteiger partial charge in [0, 0.05) is 37.0 Å². The van der Waals surface area contributed by atoms with Gasteiger partial charge in [0.1, 0.15) is 35.3 Å². The van der Waals surface area contributed by atoms with Crippen molar-refractivity contribution in [2.75, 3.05) is 12.3 Å². The number of Topliss-reactive ketones (excluding diaryl/α,β-unsaturated/α-hetero) is 1. The average Bonchev–Trinajstić information content (AvgIpc) is 3.50. The Morgan fingerprint density at radius 2 is 1.73 bits per heavy atom. The van der Waals surface area contributed by atoms with E-state index in [1.54, 1.807) is 13.8 Å². The molecule has 16 heteroatoms. The van der Waals surface area contributed by atoms with Gasteiger partial charge in [0.2, 0.25) is 23.6 Å². The van der Waals surface area contributed by atoms with E-state index in [0.717, 1.165) is 4.90 Å². The van der Waals surface area contributed by atoms with Gasteiger partial charge in [-0.1, -0.05) is 20.3 Å². The molecule has 2 heterocycles. The summed E-state index contributed by atoms with van der Waals surface area (Å²) in [4.78, 5) is 103. The first kappa shape index (κ1) is 37.2. The number of aliphatic carboxylic acids is 2. The smallest absolute Gasteiger partial charge is 0.347 e. The van der Waals surface area contributed by atoms with Crippen LogP contribution in [0, 0.1) is 12.8 Å². The molecule has 260 valence electrons. The van der Waals surface area contributed by atoms with Crippen molar-refractivity contribution in [3.8, 4) is 0 Å². The average molecular weight is 672 g/mol. The zero-order valence-corrected chi connectivity index (χ0v) is 27.2. The second-order valence-electron chi connectivity index (χ2n) is 11.9. The Morgan fingerprint density at radius 1 is 1.04 bits per heavy atom. The van der Waals surface area contributed by atoms with Gasteiger partial charge in [0.25, 0.3) is 0 Å². The Hall–Kier alpha value is -5.28. The summed E-state index contributed by atoms with van der Waals surface area (Å²) in [5, 5.41) is 26.7. The van der Waals surface area contributed by atoms with E-state index in [9.17, 15) is 48.6 Å². The molecule has 48 heavy (non-hydrogen) atoms. The van der Waals surface area contributed by atoms with Crippen LogP contribution in [0.4, 0.5) is 5.69 Å². The molecule has 1 aromatic heterocycles. The number of carboxylic acids is 2. The number of nitrogens with one attached hydrogen (secondary N) is 3. The van der Waals surface area contributed by atoms with Crippen LogP contribution in [0.2, 0.25) is 0 Å². The third-order valence-corrected chi connectivity index (χ3v) is 8.40. The van der Waals surface area contributed by atoms with Crippen molar-refractivity contribution in [1.82, 2.24) is 20.9 Å². The predicted molar refractivity (Wildman–Crippen MR) is 171 cm³/mol. The van der Waals surface area contributed by atoms with Crippen LogP contribution < -0.4 is 27.3 Å². The van der Waals surface area contributed by atoms with Crippen molar-refractivity contribution in [3.05, 3.63) is 39.7 Å². The number of carboxylic acid groups (broad SMARTS) is 2. The van der Waals surface area contributed by atoms with Crippen molar-refractivity contribution < 1.29 is 48.2 Å². The van der Waals surface area contributed by atoms with E-state index < -0.39 is 89.5 Å². The van der Waals surface area contributed by atoms with Crippen LogP contribution in [0.3, 0.4) is 0 Å². The highest BCUT2D eigenvalue weighted by Gasteiger charge is 2.40. The highest BCUT2D eigenvalue weighted by Crippen LogP contribution is 2.24. The second kappa shape index (κ2) is 16.0. The summed E-state index contributed by atoms with van der Waals surface area (Å²) in [6.45, 7) is 6.28. The van der Waals surface area contributed by atoms with Crippen molar-refractivity contribution >= 4 is 58.0 Å². The minimum atomic E-state index is -1.71. The van der Waals surface area contributed by atoms with Crippen LogP contribution in [0.1, 0.15) is 75.2 Å². The van der Waals surface area contributed by atoms with E-state index in [2.05, 4.69) is 16.0 Å². The Bertz CT molecular complexity index is 1670. The van der Waals surface area contributed by atoms with E-state index in [0.29, 0.717) is 23.9 Å². The molecule has 2 aromatic rings. The SMILES string of the molecule is CC[C@H](C)[C@H](NC(C)=O)C(=O)N[C@@H](CCC(=O)O)C(=O)N1CCC[C@H]1C(=O)N[C@@H](CC(=O)O)C(=O)c1c(C)c2ccc(N)cc2oc1=O. The number of ketones is 1. The summed E-state index contributed by atoms with van der Waals surface area (Å²) in [7, 11) is 0. The van der Waals surface area contributed by atoms with Crippen molar-refractivity contribution in [1.29, 1.82) is 0 Å². The Labute approximate surface area is 275 Å². The molecule has 16 nitrogen and oxygen atoms in total. The Morgan fingerprint density at radius 3 is 2.33 bits per heavy atom. The maximum Gasteiger partial charge on any atom is 0.347 e. The third kappa shape index (κ3) is 8.95. The van der Waals surface area contributed by atoms with Crippen LogP contribution in [0.25, 0.3) is 11.0 Å². The summed E-state index contributed by atoms with van der Waals surface area (Å²) >= 11 is 0. The van der Waals surface area contributed by atoms with Gasteiger partial charge < -0.3 is 41.2 Å². The van der Waals surface area contributed by atoms with Crippen LogP contribution in [0.15, 0.2) is 27.4 Å². The lowest BCUT2D eigenvalue weighted by Gasteiger charge is -2.31. The highest BCUT2D eigenvalue weighted by atomic mass is 16.4. The number of carbonyl (C=O) groups excluding carboxylic acids is 5. The first-order valence-electron chi connectivity index (χ1n) is 15.5. The molecule has 5 atom stereocenters. The second-order valence-corrected chi connectivity index (χ2v) is 11.9. The molecule has 1 aromatic carbocycles. The van der Waals surface area contributed by atoms with Crippen LogP contribution >= 0.6 is 0 Å². The number of amides is 4. The molecule has 0 saturated carbocycles. The fourth-order valence-corrected chi connectivity index (χ4v) is 5.69. The number of nitrogens with two attached hydrogens (primary N) is 1. The van der Waals surface area contributed by atoms with Crippen LogP contribution in [-0.4, -0.2) is 87.2 Å². The summed E-state index contributed by atoms with van der Waals surface area (Å²) in [5.74, 6) is -6.85. The maximum absolute atomic E-state index is 13.8. The first-order chi connectivity index (χ1) is 22.5. The van der Waals surface area contributed by atoms with Crippen molar-refractivity contribution in [3.63, 3.8) is 0 Å². The molecule has 1 aliphatic rings. The van der Waals surface area contributed by atoms with Crippen molar-refractivity contribution in [2.24, 2.45) is 5.92 Å². The number of rotatable bonds is 15. The third-order valence-electron chi connectivity index (χ3n) is 8.40. The van der Waals surface area contributed by atoms with E-state index >= 15 is 0 Å². The molecule has 0 unspecified atom stereocenters. The molecule has 4 amide bonds. The van der Waals surface area contributed by atoms with Crippen LogP contribution in [-0.2, 0) is 28.8 Å². The number of carbonyl (C=O) groups is 7. The fraction of sp³-hybridized carbons (Fsp3) is 0.500. The largest absolute Gasteiger partial charge is 0.481 e. The number of likely N-dealkylation sites (tertiary alicyclic amines) is 1. The quantitative estimate of drug-likeness (QED) is 0.0870. The monoisotopic (exact) mass is 671 g/mol. The minimum Gasteiger partial charge on any atom is -0.481 e. The van der Waals surface area contributed by atoms with Gasteiger partial charge in [-0.05, 0) is 49.8 Å². The predicted octanol–water partition coefficient (Wildman–Crippen LogP) is 0.717. The van der Waals surface area contributed by atoms with E-state index in [4.69, 9.17) is 10.2 Å². The molecule has 0 spiro atoms. The number of aryl methyl sites for hydroxylation is 1. The lowest BCUT2D eigenvalue weighted by atomic mass is 9.96. The first-order valence-corrected chi connectivity index (χ1v) is 15.5. The normalized spacial score (nSPS) is 16.8. The lowest BCUT2D eigenvalue weighted by Crippen LogP contribution is -2.58. The summed E-state index contributed by atoms with van der Waals surface area (Å²) in [5.41, 5.74) is 4.88. The van der Waals surface area contributed by atoms with Gasteiger partial charge in [-0.25, -0.2) is 4.79 Å². The number of fused-ring (bicyclic) bond motifs is 1. The number of hydrogen-bond acceptors (Lipinski definition) is 10. The van der Waals surface area contributed by atoms with Gasteiger partial charge in [-0.3, -0.25) is 33.6 Å². The number of benzene rings is 1. The van der Waals surface area contributed by atoms with E-state index in [1.807, 2.05) is 0 Å². The van der Waals surface area contributed by atoms with E-state index in [1.165, 1.54) is 32.0 Å². The van der Waals surface area contributed by atoms with Gasteiger partial charge in [0.15, 0.2) is 5.78 Å². The molecule has 1 fully saturated rings. The molecule has 0 bridgehead atoms. The van der Waals surface area contributed by atoms with Gasteiger partial charge in [-0.15, -0.1) is 0 Å². The zero-order valence-electron chi connectivity index (χ0n) is 27.2. The topological polar surface area (TPSA) is 256 Å². The summed E-state index contributed by atoms with van der Waals surface area (Å²) in [6.07, 6.45) is -0.747. The minimum absolute atomic E-state index is 0.0465. The van der Waals surface area contributed by atoms with Gasteiger partial charge in [-0.2, -0.15) is 0 Å². The molecular formula is C32H41N5O11. The van der Waals surface area contributed by atoms with E-state index in [-0.39, 0.29) is 36.5 Å². The number of nitrogens with zero attached hydrogens (tertiary/aromatic N) is 1. The maximum atomic E-state index is 13.8. The van der Waals surface area contributed by atoms with Gasteiger partial charge >= 0.3 is 17.6 Å².